The number of hydrogen-bond acceptors (Lipinski definition) is 0. The van der Waals surface area contributed by atoms with Gasteiger partial charge in [0.15, 0.2) is 0 Å². The molecule has 1 heteroatoms. The van der Waals surface area contributed by atoms with Gasteiger partial charge in [-0.2, -0.15) is 0 Å². The third-order valence-electron chi connectivity index (χ3n) is 5.11. The van der Waals surface area contributed by atoms with Crippen molar-refractivity contribution < 1.29 is 0 Å². The molecule has 1 unspecified atom stereocenters. The van der Waals surface area contributed by atoms with Crippen LogP contribution in [0, 0.1) is 12.3 Å². The summed E-state index contributed by atoms with van der Waals surface area (Å²) in [6.07, 6.45) is 7.33. The van der Waals surface area contributed by atoms with E-state index in [1.807, 2.05) is 0 Å². The largest absolute Gasteiger partial charge is 0.293 e. The first-order chi connectivity index (χ1) is 8.12. The Morgan fingerprint density at radius 1 is 1.12 bits per heavy atom. The average Bonchev–Trinajstić information content (AvgIpc) is 2.89. The summed E-state index contributed by atoms with van der Waals surface area (Å²) >= 11 is 0. The quantitative estimate of drug-likeness (QED) is 0.642. The molecule has 1 heterocycles. The molecule has 0 radical (unpaired) electrons. The number of quaternary nitrogens is 1. The lowest BCUT2D eigenvalue weighted by molar-refractivity contribution is 0.288. The lowest BCUT2D eigenvalue weighted by Gasteiger charge is -2.31. The summed E-state index contributed by atoms with van der Waals surface area (Å²) in [5.41, 5.74) is 3.61. The van der Waals surface area contributed by atoms with Gasteiger partial charge in [-0.25, -0.2) is 0 Å². The normalized spacial score (nSPS) is 31.2. The number of rotatable bonds is 1. The van der Waals surface area contributed by atoms with Gasteiger partial charge in [-0.3, -0.25) is 4.48 Å². The average molecular weight is 230 g/mol. The van der Waals surface area contributed by atoms with Gasteiger partial charge in [0.25, 0.3) is 0 Å². The molecule has 92 valence electrons. The van der Waals surface area contributed by atoms with Crippen molar-refractivity contribution >= 4 is 5.69 Å². The summed E-state index contributed by atoms with van der Waals surface area (Å²) in [7, 11) is 2.43. The van der Waals surface area contributed by atoms with E-state index < -0.39 is 0 Å². The molecule has 1 nitrogen and oxygen atoms in total. The van der Waals surface area contributed by atoms with Gasteiger partial charge in [-0.15, -0.1) is 0 Å². The molecular weight excluding hydrogens is 206 g/mol. The van der Waals surface area contributed by atoms with Gasteiger partial charge in [-0.1, -0.05) is 25.0 Å². The molecule has 1 saturated carbocycles. The fourth-order valence-corrected chi connectivity index (χ4v) is 4.10. The molecule has 2 aliphatic rings. The van der Waals surface area contributed by atoms with Crippen molar-refractivity contribution in [1.29, 1.82) is 0 Å². The number of aryl methyl sites for hydroxylation is 1. The van der Waals surface area contributed by atoms with E-state index >= 15 is 0 Å². The zero-order valence-electron chi connectivity index (χ0n) is 11.2. The fourth-order valence-electron chi connectivity index (χ4n) is 4.10. The van der Waals surface area contributed by atoms with E-state index in [-0.39, 0.29) is 0 Å². The highest BCUT2D eigenvalue weighted by molar-refractivity contribution is 5.45. The topological polar surface area (TPSA) is 0 Å². The third-order valence-corrected chi connectivity index (χ3v) is 5.11. The molecule has 0 amide bonds. The molecule has 0 N–H and O–H groups in total. The van der Waals surface area contributed by atoms with E-state index in [0.29, 0.717) is 5.41 Å². The minimum atomic E-state index is 0.693. The molecule has 1 aliphatic carbocycles. The van der Waals surface area contributed by atoms with Gasteiger partial charge in [0.1, 0.15) is 5.69 Å². The summed E-state index contributed by atoms with van der Waals surface area (Å²) in [6, 6.07) is 9.12. The van der Waals surface area contributed by atoms with Crippen molar-refractivity contribution in [2.45, 2.75) is 39.0 Å². The van der Waals surface area contributed by atoms with Crippen LogP contribution in [0.5, 0.6) is 0 Å². The maximum atomic E-state index is 2.43. The molecule has 17 heavy (non-hydrogen) atoms. The first kappa shape index (κ1) is 11.3. The first-order valence-corrected chi connectivity index (χ1v) is 7.04. The summed E-state index contributed by atoms with van der Waals surface area (Å²) in [5.74, 6) is 0. The van der Waals surface area contributed by atoms with Crippen LogP contribution >= 0.6 is 0 Å². The van der Waals surface area contributed by atoms with Crippen molar-refractivity contribution in [2.24, 2.45) is 5.41 Å². The van der Waals surface area contributed by atoms with Gasteiger partial charge in [0.05, 0.1) is 20.1 Å². The van der Waals surface area contributed by atoms with Crippen molar-refractivity contribution in [3.8, 4) is 0 Å². The number of nitrogens with zero attached hydrogens (tertiary/aromatic N) is 1. The van der Waals surface area contributed by atoms with Crippen LogP contribution in [-0.4, -0.2) is 20.1 Å². The highest BCUT2D eigenvalue weighted by Crippen LogP contribution is 2.48. The molecule has 0 aromatic heterocycles. The van der Waals surface area contributed by atoms with Crippen molar-refractivity contribution in [2.75, 3.05) is 20.1 Å². The monoisotopic (exact) mass is 230 g/mol. The van der Waals surface area contributed by atoms with Crippen LogP contribution in [0.1, 0.15) is 37.7 Å². The van der Waals surface area contributed by atoms with Crippen LogP contribution in [0.2, 0.25) is 0 Å². The van der Waals surface area contributed by atoms with E-state index in [1.54, 1.807) is 0 Å². The predicted octanol–water partition coefficient (Wildman–Crippen LogP) is 3.90. The second-order valence-corrected chi connectivity index (χ2v) is 6.57. The minimum Gasteiger partial charge on any atom is -0.293 e. The molecule has 1 aromatic rings. The van der Waals surface area contributed by atoms with E-state index in [1.165, 1.54) is 60.9 Å². The zero-order chi connectivity index (χ0) is 11.9. The summed E-state index contributed by atoms with van der Waals surface area (Å²) in [6.45, 7) is 4.91. The molecule has 1 aromatic carbocycles. The van der Waals surface area contributed by atoms with E-state index in [2.05, 4.69) is 38.2 Å². The molecule has 2 fully saturated rings. The SMILES string of the molecule is Cc1cccc([N+]2(C)CCC3(CCCC3)C2)c1. The Morgan fingerprint density at radius 2 is 1.88 bits per heavy atom. The zero-order valence-corrected chi connectivity index (χ0v) is 11.2. The van der Waals surface area contributed by atoms with Crippen molar-refractivity contribution in [1.82, 2.24) is 4.48 Å². The molecule has 1 aliphatic heterocycles. The van der Waals surface area contributed by atoms with Gasteiger partial charge >= 0.3 is 0 Å². The minimum absolute atomic E-state index is 0.693. The lowest BCUT2D eigenvalue weighted by atomic mass is 9.85. The van der Waals surface area contributed by atoms with Crippen molar-refractivity contribution in [3.05, 3.63) is 29.8 Å². The van der Waals surface area contributed by atoms with Crippen LogP contribution in [0.25, 0.3) is 0 Å². The lowest BCUT2D eigenvalue weighted by Crippen LogP contribution is -2.44. The van der Waals surface area contributed by atoms with Gasteiger partial charge in [-0.05, 0) is 31.4 Å². The Kier molecular flexibility index (Phi) is 2.55. The van der Waals surface area contributed by atoms with Crippen LogP contribution in [0.15, 0.2) is 24.3 Å². The maximum Gasteiger partial charge on any atom is 0.132 e. The van der Waals surface area contributed by atoms with E-state index in [0.717, 1.165) is 0 Å². The second-order valence-electron chi connectivity index (χ2n) is 6.57. The maximum absolute atomic E-state index is 2.43. The number of likely N-dealkylation sites (tertiary alicyclic amines) is 1. The summed E-state index contributed by atoms with van der Waals surface area (Å²) in [4.78, 5) is 0. The molecule has 1 atom stereocenters. The Balaban J connectivity index is 1.88. The van der Waals surface area contributed by atoms with Gasteiger partial charge < -0.3 is 0 Å². The Hall–Kier alpha value is -0.820. The Morgan fingerprint density at radius 3 is 2.59 bits per heavy atom. The van der Waals surface area contributed by atoms with Crippen molar-refractivity contribution in [3.63, 3.8) is 0 Å². The molecule has 1 spiro atoms. The van der Waals surface area contributed by atoms with Crippen LogP contribution in [0.4, 0.5) is 5.69 Å². The molecule has 0 bridgehead atoms. The Bertz CT molecular complexity index is 417. The van der Waals surface area contributed by atoms with Crippen LogP contribution < -0.4 is 4.48 Å². The van der Waals surface area contributed by atoms with Crippen LogP contribution in [-0.2, 0) is 0 Å². The van der Waals surface area contributed by atoms with E-state index in [9.17, 15) is 0 Å². The molecule has 3 rings (SSSR count). The fraction of sp³-hybridized carbons (Fsp3) is 0.625. The van der Waals surface area contributed by atoms with Gasteiger partial charge in [0, 0.05) is 17.9 Å². The van der Waals surface area contributed by atoms with Gasteiger partial charge in [0.2, 0.25) is 0 Å². The number of benzene rings is 1. The second kappa shape index (κ2) is 3.84. The third kappa shape index (κ3) is 1.91. The smallest absolute Gasteiger partial charge is 0.132 e. The first-order valence-electron chi connectivity index (χ1n) is 7.04. The number of hydrogen-bond donors (Lipinski definition) is 0. The van der Waals surface area contributed by atoms with E-state index in [4.69, 9.17) is 0 Å². The Labute approximate surface area is 105 Å². The standard InChI is InChI=1S/C16H24N/c1-14-6-5-7-15(12-14)17(2)11-10-16(13-17)8-3-4-9-16/h5-7,12H,3-4,8-11,13H2,1-2H3/q+1. The van der Waals surface area contributed by atoms with Crippen LogP contribution in [0.3, 0.4) is 0 Å². The summed E-state index contributed by atoms with van der Waals surface area (Å²) < 4.78 is 1.17. The molecular formula is C16H24N+. The highest BCUT2D eigenvalue weighted by atomic mass is 15.4. The molecule has 1 saturated heterocycles. The highest BCUT2D eigenvalue weighted by Gasteiger charge is 2.48. The summed E-state index contributed by atoms with van der Waals surface area (Å²) in [5, 5.41) is 0. The predicted molar refractivity (Wildman–Crippen MR) is 74.1 cm³/mol.